The lowest BCUT2D eigenvalue weighted by atomic mass is 10.1. The number of hydrogen-bond acceptors (Lipinski definition) is 4. The molecule has 0 aliphatic carbocycles. The normalized spacial score (nSPS) is 10.8. The molecule has 3 rings (SSSR count). The van der Waals surface area contributed by atoms with Gasteiger partial charge in [0.15, 0.2) is 11.0 Å². The van der Waals surface area contributed by atoms with Gasteiger partial charge < -0.3 is 0 Å². The van der Waals surface area contributed by atoms with Gasteiger partial charge in [-0.05, 0) is 37.1 Å². The van der Waals surface area contributed by atoms with Gasteiger partial charge in [-0.2, -0.15) is 0 Å². The molecule has 5 heteroatoms. The number of rotatable bonds is 6. The lowest BCUT2D eigenvalue weighted by molar-refractivity contribution is 0.706. The molecule has 1 aromatic carbocycles. The molecule has 4 nitrogen and oxygen atoms in total. The number of benzene rings is 1. The molecule has 2 heterocycles. The third-order valence-electron chi connectivity index (χ3n) is 3.70. The van der Waals surface area contributed by atoms with Crippen LogP contribution in [-0.2, 0) is 12.3 Å². The van der Waals surface area contributed by atoms with Crippen LogP contribution >= 0.6 is 11.8 Å². The van der Waals surface area contributed by atoms with E-state index < -0.39 is 0 Å². The van der Waals surface area contributed by atoms with E-state index in [-0.39, 0.29) is 0 Å². The minimum atomic E-state index is 0.709. The van der Waals surface area contributed by atoms with Crippen LogP contribution in [0, 0.1) is 6.92 Å². The second-order valence-electron chi connectivity index (χ2n) is 5.80. The van der Waals surface area contributed by atoms with Crippen molar-refractivity contribution in [1.82, 2.24) is 19.7 Å². The van der Waals surface area contributed by atoms with Crippen molar-refractivity contribution in [1.29, 1.82) is 0 Å². The SMILES string of the molecule is C=C(C)Cn1c(SCc2ccccc2C)nnc1-c1ccncc1. The minimum Gasteiger partial charge on any atom is -0.298 e. The fourth-order valence-electron chi connectivity index (χ4n) is 2.44. The maximum atomic E-state index is 4.40. The molecule has 3 aromatic rings. The summed E-state index contributed by atoms with van der Waals surface area (Å²) in [5, 5.41) is 9.71. The second-order valence-corrected chi connectivity index (χ2v) is 6.74. The monoisotopic (exact) mass is 336 g/mol. The highest BCUT2D eigenvalue weighted by Crippen LogP contribution is 2.27. The minimum absolute atomic E-state index is 0.709. The van der Waals surface area contributed by atoms with E-state index in [0.717, 1.165) is 27.9 Å². The summed E-state index contributed by atoms with van der Waals surface area (Å²) in [4.78, 5) is 4.07. The summed E-state index contributed by atoms with van der Waals surface area (Å²) < 4.78 is 2.13. The summed E-state index contributed by atoms with van der Waals surface area (Å²) in [6.45, 7) is 8.91. The molecule has 0 fully saturated rings. The van der Waals surface area contributed by atoms with E-state index in [0.29, 0.717) is 6.54 Å². The molecule has 122 valence electrons. The first-order valence-corrected chi connectivity index (χ1v) is 8.79. The quantitative estimate of drug-likeness (QED) is 0.490. The first kappa shape index (κ1) is 16.5. The van der Waals surface area contributed by atoms with Crippen LogP contribution in [0.5, 0.6) is 0 Å². The Labute approximate surface area is 146 Å². The molecule has 0 atom stereocenters. The molecule has 0 saturated carbocycles. The topological polar surface area (TPSA) is 43.6 Å². The van der Waals surface area contributed by atoms with E-state index in [2.05, 4.69) is 57.5 Å². The fourth-order valence-corrected chi connectivity index (χ4v) is 3.45. The predicted molar refractivity (Wildman–Crippen MR) is 98.8 cm³/mol. The van der Waals surface area contributed by atoms with E-state index in [9.17, 15) is 0 Å². The summed E-state index contributed by atoms with van der Waals surface area (Å²) >= 11 is 1.70. The number of aryl methyl sites for hydroxylation is 1. The molecule has 0 N–H and O–H groups in total. The van der Waals surface area contributed by atoms with E-state index in [1.165, 1.54) is 11.1 Å². The van der Waals surface area contributed by atoms with Crippen LogP contribution in [0.1, 0.15) is 18.1 Å². The van der Waals surface area contributed by atoms with Crippen molar-refractivity contribution in [3.05, 3.63) is 72.1 Å². The first-order valence-electron chi connectivity index (χ1n) is 7.80. The lowest BCUT2D eigenvalue weighted by Crippen LogP contribution is -2.03. The molecule has 2 aromatic heterocycles. The summed E-state index contributed by atoms with van der Waals surface area (Å²) in [5.74, 6) is 1.73. The van der Waals surface area contributed by atoms with Gasteiger partial charge in [-0.15, -0.1) is 10.2 Å². The molecule has 0 aliphatic rings. The van der Waals surface area contributed by atoms with Crippen molar-refractivity contribution in [2.45, 2.75) is 31.3 Å². The third kappa shape index (κ3) is 3.74. The average Bonchev–Trinajstić information content (AvgIpc) is 2.97. The van der Waals surface area contributed by atoms with E-state index in [1.54, 1.807) is 24.2 Å². The van der Waals surface area contributed by atoms with Crippen LogP contribution in [0.2, 0.25) is 0 Å². The van der Waals surface area contributed by atoms with Crippen molar-refractivity contribution in [3.8, 4) is 11.4 Å². The van der Waals surface area contributed by atoms with Gasteiger partial charge in [-0.1, -0.05) is 48.2 Å². The van der Waals surface area contributed by atoms with Gasteiger partial charge >= 0.3 is 0 Å². The molecule has 0 aliphatic heterocycles. The van der Waals surface area contributed by atoms with Crippen molar-refractivity contribution < 1.29 is 0 Å². The zero-order valence-electron chi connectivity index (χ0n) is 13.9. The highest BCUT2D eigenvalue weighted by atomic mass is 32.2. The molecule has 0 unspecified atom stereocenters. The van der Waals surface area contributed by atoms with Crippen molar-refractivity contribution in [3.63, 3.8) is 0 Å². The number of aromatic nitrogens is 4. The van der Waals surface area contributed by atoms with Crippen LogP contribution in [0.3, 0.4) is 0 Å². The Bertz CT molecular complexity index is 840. The molecule has 0 bridgehead atoms. The third-order valence-corrected chi connectivity index (χ3v) is 4.72. The number of pyridine rings is 1. The van der Waals surface area contributed by atoms with E-state index in [1.807, 2.05) is 19.1 Å². The Hall–Kier alpha value is -2.40. The molecular formula is C19H20N4S. The summed E-state index contributed by atoms with van der Waals surface area (Å²) in [6, 6.07) is 12.3. The Morgan fingerprint density at radius 1 is 1.12 bits per heavy atom. The zero-order chi connectivity index (χ0) is 16.9. The average molecular weight is 336 g/mol. The highest BCUT2D eigenvalue weighted by molar-refractivity contribution is 7.98. The lowest BCUT2D eigenvalue weighted by Gasteiger charge is -2.10. The van der Waals surface area contributed by atoms with Gasteiger partial charge in [0, 0.05) is 30.3 Å². The Morgan fingerprint density at radius 3 is 2.58 bits per heavy atom. The van der Waals surface area contributed by atoms with Gasteiger partial charge in [0.05, 0.1) is 0 Å². The van der Waals surface area contributed by atoms with Crippen LogP contribution in [0.4, 0.5) is 0 Å². The Balaban J connectivity index is 1.89. The number of nitrogens with zero attached hydrogens (tertiary/aromatic N) is 4. The van der Waals surface area contributed by atoms with Crippen LogP contribution in [-0.4, -0.2) is 19.7 Å². The van der Waals surface area contributed by atoms with Gasteiger partial charge in [0.25, 0.3) is 0 Å². The Morgan fingerprint density at radius 2 is 1.88 bits per heavy atom. The van der Waals surface area contributed by atoms with Gasteiger partial charge in [0.1, 0.15) is 0 Å². The van der Waals surface area contributed by atoms with E-state index >= 15 is 0 Å². The maximum Gasteiger partial charge on any atom is 0.192 e. The molecule has 0 radical (unpaired) electrons. The molecule has 0 spiro atoms. The smallest absolute Gasteiger partial charge is 0.192 e. The molecular weight excluding hydrogens is 316 g/mol. The van der Waals surface area contributed by atoms with Crippen LogP contribution in [0.25, 0.3) is 11.4 Å². The largest absolute Gasteiger partial charge is 0.298 e. The van der Waals surface area contributed by atoms with Crippen molar-refractivity contribution in [2.75, 3.05) is 0 Å². The first-order chi connectivity index (χ1) is 11.6. The van der Waals surface area contributed by atoms with Gasteiger partial charge in [0.2, 0.25) is 0 Å². The van der Waals surface area contributed by atoms with Gasteiger partial charge in [-0.3, -0.25) is 9.55 Å². The highest BCUT2D eigenvalue weighted by Gasteiger charge is 2.14. The number of hydrogen-bond donors (Lipinski definition) is 0. The van der Waals surface area contributed by atoms with Crippen molar-refractivity contribution >= 4 is 11.8 Å². The van der Waals surface area contributed by atoms with Crippen molar-refractivity contribution in [2.24, 2.45) is 0 Å². The summed E-state index contributed by atoms with van der Waals surface area (Å²) in [7, 11) is 0. The van der Waals surface area contributed by atoms with Crippen LogP contribution < -0.4 is 0 Å². The molecule has 0 saturated heterocycles. The molecule has 24 heavy (non-hydrogen) atoms. The number of allylic oxidation sites excluding steroid dienone is 1. The maximum absolute atomic E-state index is 4.40. The molecule has 0 amide bonds. The van der Waals surface area contributed by atoms with Gasteiger partial charge in [-0.25, -0.2) is 0 Å². The standard InChI is InChI=1S/C19H20N4S/c1-14(2)12-23-18(16-8-10-20-11-9-16)21-22-19(23)24-13-17-7-5-4-6-15(17)3/h4-11H,1,12-13H2,2-3H3. The Kier molecular flexibility index (Phi) is 5.11. The van der Waals surface area contributed by atoms with E-state index in [4.69, 9.17) is 0 Å². The predicted octanol–water partition coefficient (Wildman–Crippen LogP) is 4.52. The fraction of sp³-hybridized carbons (Fsp3) is 0.211. The second kappa shape index (κ2) is 7.45. The summed E-state index contributed by atoms with van der Waals surface area (Å²) in [6.07, 6.45) is 3.55. The van der Waals surface area contributed by atoms with Crippen LogP contribution in [0.15, 0.2) is 66.1 Å². The summed E-state index contributed by atoms with van der Waals surface area (Å²) in [5.41, 5.74) is 4.70. The number of thioether (sulfide) groups is 1. The zero-order valence-corrected chi connectivity index (χ0v) is 14.8.